The van der Waals surface area contributed by atoms with E-state index in [-0.39, 0.29) is 18.4 Å². The molecule has 74 valence electrons. The fourth-order valence-electron chi connectivity index (χ4n) is 1.16. The molecule has 1 aromatic carbocycles. The van der Waals surface area contributed by atoms with Crippen LogP contribution in [-0.4, -0.2) is 11.2 Å². The Labute approximate surface area is 85.2 Å². The second-order valence-corrected chi connectivity index (χ2v) is 3.18. The normalized spacial score (nSPS) is 14.5. The summed E-state index contributed by atoms with van der Waals surface area (Å²) in [5.41, 5.74) is 7.92. The number of hydrogen-bond donors (Lipinski definition) is 2. The standard InChI is InChI=1S/C10H15NO.ClH/c1-7-4-3-5-9(6-7)10(11)8(2)12;/h3-6,8,10,12H,11H2,1-2H3;1H/t8-,10-;/m0./s1. The lowest BCUT2D eigenvalue weighted by Crippen LogP contribution is -2.23. The highest BCUT2D eigenvalue weighted by atomic mass is 35.5. The van der Waals surface area contributed by atoms with E-state index in [9.17, 15) is 5.11 Å². The van der Waals surface area contributed by atoms with Crippen LogP contribution in [0.25, 0.3) is 0 Å². The minimum absolute atomic E-state index is 0. The molecule has 3 heteroatoms. The molecule has 0 aliphatic heterocycles. The summed E-state index contributed by atoms with van der Waals surface area (Å²) in [6.45, 7) is 3.71. The van der Waals surface area contributed by atoms with Crippen molar-refractivity contribution in [3.05, 3.63) is 35.4 Å². The van der Waals surface area contributed by atoms with E-state index in [0.29, 0.717) is 0 Å². The zero-order chi connectivity index (χ0) is 9.14. The van der Waals surface area contributed by atoms with Crippen LogP contribution in [0.15, 0.2) is 24.3 Å². The van der Waals surface area contributed by atoms with Crippen LogP contribution >= 0.6 is 12.4 Å². The first-order valence-electron chi connectivity index (χ1n) is 4.11. The van der Waals surface area contributed by atoms with Gasteiger partial charge in [0.15, 0.2) is 0 Å². The van der Waals surface area contributed by atoms with Crippen molar-refractivity contribution in [2.75, 3.05) is 0 Å². The SMILES string of the molecule is Cc1cccc([C@@H](N)[C@H](C)O)c1.Cl. The molecule has 13 heavy (non-hydrogen) atoms. The van der Waals surface area contributed by atoms with Crippen LogP contribution in [0.4, 0.5) is 0 Å². The minimum atomic E-state index is -0.494. The number of aliphatic hydroxyl groups excluding tert-OH is 1. The monoisotopic (exact) mass is 201 g/mol. The van der Waals surface area contributed by atoms with E-state index in [2.05, 4.69) is 0 Å². The summed E-state index contributed by atoms with van der Waals surface area (Å²) in [4.78, 5) is 0. The average Bonchev–Trinajstić information content (AvgIpc) is 2.03. The largest absolute Gasteiger partial charge is 0.391 e. The van der Waals surface area contributed by atoms with Crippen molar-refractivity contribution >= 4 is 12.4 Å². The highest BCUT2D eigenvalue weighted by Gasteiger charge is 2.10. The zero-order valence-electron chi connectivity index (χ0n) is 7.90. The number of nitrogens with two attached hydrogens (primary N) is 1. The summed E-state index contributed by atoms with van der Waals surface area (Å²) in [5, 5.41) is 9.24. The third kappa shape index (κ3) is 3.35. The first-order chi connectivity index (χ1) is 5.61. The maximum absolute atomic E-state index is 9.24. The highest BCUT2D eigenvalue weighted by Crippen LogP contribution is 2.14. The molecule has 1 rings (SSSR count). The molecule has 0 aliphatic carbocycles. The summed E-state index contributed by atoms with van der Waals surface area (Å²) < 4.78 is 0. The quantitative estimate of drug-likeness (QED) is 0.767. The lowest BCUT2D eigenvalue weighted by molar-refractivity contribution is 0.164. The predicted molar refractivity (Wildman–Crippen MR) is 57.0 cm³/mol. The van der Waals surface area contributed by atoms with Crippen molar-refractivity contribution in [3.8, 4) is 0 Å². The van der Waals surface area contributed by atoms with E-state index in [4.69, 9.17) is 5.73 Å². The second kappa shape index (κ2) is 5.22. The third-order valence-electron chi connectivity index (χ3n) is 1.95. The number of benzene rings is 1. The lowest BCUT2D eigenvalue weighted by Gasteiger charge is -2.15. The molecule has 0 radical (unpaired) electrons. The Balaban J connectivity index is 0.00000144. The van der Waals surface area contributed by atoms with Gasteiger partial charge in [0.1, 0.15) is 0 Å². The van der Waals surface area contributed by atoms with Crippen LogP contribution < -0.4 is 5.73 Å². The zero-order valence-corrected chi connectivity index (χ0v) is 8.71. The van der Waals surface area contributed by atoms with Crippen molar-refractivity contribution < 1.29 is 5.11 Å². The molecule has 0 saturated heterocycles. The fraction of sp³-hybridized carbons (Fsp3) is 0.400. The van der Waals surface area contributed by atoms with Crippen LogP contribution in [0.5, 0.6) is 0 Å². The second-order valence-electron chi connectivity index (χ2n) is 3.18. The van der Waals surface area contributed by atoms with E-state index in [0.717, 1.165) is 5.56 Å². The van der Waals surface area contributed by atoms with Crippen molar-refractivity contribution in [2.24, 2.45) is 5.73 Å². The molecular formula is C10H16ClNO. The van der Waals surface area contributed by atoms with Gasteiger partial charge in [-0.3, -0.25) is 0 Å². The van der Waals surface area contributed by atoms with Gasteiger partial charge < -0.3 is 10.8 Å². The van der Waals surface area contributed by atoms with Gasteiger partial charge in [0.25, 0.3) is 0 Å². The summed E-state index contributed by atoms with van der Waals surface area (Å²) in [5.74, 6) is 0. The van der Waals surface area contributed by atoms with E-state index in [1.807, 2.05) is 31.2 Å². The summed E-state index contributed by atoms with van der Waals surface area (Å²) in [6.07, 6.45) is -0.494. The van der Waals surface area contributed by atoms with Crippen molar-refractivity contribution in [1.82, 2.24) is 0 Å². The molecule has 2 nitrogen and oxygen atoms in total. The molecular weight excluding hydrogens is 186 g/mol. The van der Waals surface area contributed by atoms with E-state index >= 15 is 0 Å². The molecule has 3 N–H and O–H groups in total. The Bertz CT molecular complexity index is 263. The number of rotatable bonds is 2. The van der Waals surface area contributed by atoms with Crippen LogP contribution in [0.2, 0.25) is 0 Å². The van der Waals surface area contributed by atoms with Gasteiger partial charge in [-0.2, -0.15) is 0 Å². The van der Waals surface area contributed by atoms with Crippen molar-refractivity contribution in [1.29, 1.82) is 0 Å². The first-order valence-corrected chi connectivity index (χ1v) is 4.11. The molecule has 0 spiro atoms. The first kappa shape index (κ1) is 12.4. The number of aryl methyl sites for hydroxylation is 1. The van der Waals surface area contributed by atoms with Gasteiger partial charge in [-0.05, 0) is 19.4 Å². The fourth-order valence-corrected chi connectivity index (χ4v) is 1.16. The Kier molecular flexibility index (Phi) is 4.99. The van der Waals surface area contributed by atoms with Crippen LogP contribution in [-0.2, 0) is 0 Å². The molecule has 0 bridgehead atoms. The molecule has 2 atom stereocenters. The summed E-state index contributed by atoms with van der Waals surface area (Å²) >= 11 is 0. The van der Waals surface area contributed by atoms with Crippen LogP contribution in [0.1, 0.15) is 24.1 Å². The Morgan fingerprint density at radius 3 is 2.46 bits per heavy atom. The van der Waals surface area contributed by atoms with Gasteiger partial charge in [-0.25, -0.2) is 0 Å². The minimum Gasteiger partial charge on any atom is -0.391 e. The molecule has 0 amide bonds. The van der Waals surface area contributed by atoms with E-state index in [1.54, 1.807) is 6.92 Å². The molecule has 0 heterocycles. The van der Waals surface area contributed by atoms with Gasteiger partial charge in [0.05, 0.1) is 12.1 Å². The number of halogens is 1. The molecule has 0 unspecified atom stereocenters. The van der Waals surface area contributed by atoms with Crippen molar-refractivity contribution in [2.45, 2.75) is 26.0 Å². The Morgan fingerprint density at radius 1 is 1.38 bits per heavy atom. The van der Waals surface area contributed by atoms with Crippen LogP contribution in [0.3, 0.4) is 0 Å². The van der Waals surface area contributed by atoms with Gasteiger partial charge in [-0.15, -0.1) is 12.4 Å². The number of hydrogen-bond acceptors (Lipinski definition) is 2. The summed E-state index contributed by atoms with van der Waals surface area (Å²) in [6, 6.07) is 7.62. The molecule has 1 aromatic rings. The average molecular weight is 202 g/mol. The number of aliphatic hydroxyl groups is 1. The molecule has 0 aliphatic rings. The maximum atomic E-state index is 9.24. The lowest BCUT2D eigenvalue weighted by atomic mass is 10.0. The van der Waals surface area contributed by atoms with Gasteiger partial charge in [0, 0.05) is 0 Å². The van der Waals surface area contributed by atoms with Gasteiger partial charge in [0.2, 0.25) is 0 Å². The van der Waals surface area contributed by atoms with Crippen LogP contribution in [0, 0.1) is 6.92 Å². The predicted octanol–water partition coefficient (Wildman–Crippen LogP) is 1.80. The Hall–Kier alpha value is -0.570. The van der Waals surface area contributed by atoms with Gasteiger partial charge >= 0.3 is 0 Å². The molecule has 0 aromatic heterocycles. The van der Waals surface area contributed by atoms with Gasteiger partial charge in [-0.1, -0.05) is 29.8 Å². The molecule has 0 fully saturated rings. The maximum Gasteiger partial charge on any atom is 0.0704 e. The topological polar surface area (TPSA) is 46.2 Å². The smallest absolute Gasteiger partial charge is 0.0704 e. The van der Waals surface area contributed by atoms with E-state index < -0.39 is 6.10 Å². The van der Waals surface area contributed by atoms with E-state index in [1.165, 1.54) is 5.56 Å². The highest BCUT2D eigenvalue weighted by molar-refractivity contribution is 5.85. The Morgan fingerprint density at radius 2 is 2.00 bits per heavy atom. The molecule has 0 saturated carbocycles. The third-order valence-corrected chi connectivity index (χ3v) is 1.95. The summed E-state index contributed by atoms with van der Waals surface area (Å²) in [7, 11) is 0. The van der Waals surface area contributed by atoms with Crippen molar-refractivity contribution in [3.63, 3.8) is 0 Å².